The van der Waals surface area contributed by atoms with Gasteiger partial charge in [0.25, 0.3) is 5.91 Å². The van der Waals surface area contributed by atoms with Crippen molar-refractivity contribution in [3.8, 4) is 11.5 Å². The second kappa shape index (κ2) is 9.23. The molecule has 1 heterocycles. The third kappa shape index (κ3) is 5.40. The van der Waals surface area contributed by atoms with E-state index < -0.39 is 11.7 Å². The summed E-state index contributed by atoms with van der Waals surface area (Å²) in [6.07, 6.45) is 1.22. The number of nitrogen functional groups attached to an aromatic ring is 1. The second-order valence-corrected chi connectivity index (χ2v) is 9.62. The lowest BCUT2D eigenvalue weighted by Crippen LogP contribution is -2.26. The van der Waals surface area contributed by atoms with E-state index in [0.717, 1.165) is 9.86 Å². The number of benzene rings is 3. The van der Waals surface area contributed by atoms with Gasteiger partial charge in [-0.05, 0) is 87.5 Å². The number of aromatic nitrogens is 1. The van der Waals surface area contributed by atoms with Gasteiger partial charge in [-0.1, -0.05) is 15.9 Å². The van der Waals surface area contributed by atoms with E-state index in [0.29, 0.717) is 34.0 Å². The Hall–Kier alpha value is -3.78. The normalized spacial score (nSPS) is 11.3. The molecular formula is C26H24BrN3O4. The van der Waals surface area contributed by atoms with E-state index in [1.165, 1.54) is 4.57 Å². The summed E-state index contributed by atoms with van der Waals surface area (Å²) < 4.78 is 13.8. The van der Waals surface area contributed by atoms with Crippen LogP contribution in [0.1, 0.15) is 31.1 Å². The first-order chi connectivity index (χ1) is 16.1. The molecule has 0 saturated carbocycles. The molecule has 0 aliphatic carbocycles. The van der Waals surface area contributed by atoms with Crippen LogP contribution in [0.25, 0.3) is 10.9 Å². The Morgan fingerprint density at radius 1 is 0.971 bits per heavy atom. The molecule has 0 aliphatic rings. The van der Waals surface area contributed by atoms with Crippen LogP contribution in [-0.2, 0) is 4.74 Å². The number of hydrogen-bond acceptors (Lipinski definition) is 5. The van der Waals surface area contributed by atoms with Gasteiger partial charge in [-0.15, -0.1) is 0 Å². The Morgan fingerprint density at radius 2 is 1.71 bits per heavy atom. The Balaban J connectivity index is 1.49. The van der Waals surface area contributed by atoms with Crippen molar-refractivity contribution in [1.82, 2.24) is 4.57 Å². The lowest BCUT2D eigenvalue weighted by Gasteiger charge is -2.19. The SMILES string of the molecule is CC(C)(C)OC(=O)n1ccc2cc(Oc3ccc(C(=O)Nc4ccc(Br)cc4)cc3N)ccc21. The molecule has 1 aromatic heterocycles. The molecule has 34 heavy (non-hydrogen) atoms. The summed E-state index contributed by atoms with van der Waals surface area (Å²) in [6.45, 7) is 5.47. The van der Waals surface area contributed by atoms with Crippen LogP contribution in [0.3, 0.4) is 0 Å². The molecule has 0 radical (unpaired) electrons. The van der Waals surface area contributed by atoms with Gasteiger partial charge in [0.05, 0.1) is 11.2 Å². The summed E-state index contributed by atoms with van der Waals surface area (Å²) in [5, 5.41) is 3.64. The van der Waals surface area contributed by atoms with Crippen molar-refractivity contribution in [3.63, 3.8) is 0 Å². The van der Waals surface area contributed by atoms with Gasteiger partial charge in [0, 0.05) is 27.3 Å². The molecule has 1 amide bonds. The number of hydrogen-bond donors (Lipinski definition) is 2. The van der Waals surface area contributed by atoms with Crippen molar-refractivity contribution in [2.24, 2.45) is 0 Å². The van der Waals surface area contributed by atoms with Crippen LogP contribution in [0, 0.1) is 0 Å². The fourth-order valence-corrected chi connectivity index (χ4v) is 3.56. The smallest absolute Gasteiger partial charge is 0.418 e. The van der Waals surface area contributed by atoms with Crippen molar-refractivity contribution >= 4 is 50.2 Å². The van der Waals surface area contributed by atoms with Crippen LogP contribution >= 0.6 is 15.9 Å². The number of anilines is 2. The van der Waals surface area contributed by atoms with E-state index in [2.05, 4.69) is 21.2 Å². The van der Waals surface area contributed by atoms with Crippen LogP contribution in [0.4, 0.5) is 16.2 Å². The molecule has 174 valence electrons. The molecular weight excluding hydrogens is 498 g/mol. The van der Waals surface area contributed by atoms with Crippen LogP contribution in [0.5, 0.6) is 11.5 Å². The van der Waals surface area contributed by atoms with Crippen molar-refractivity contribution in [2.45, 2.75) is 26.4 Å². The van der Waals surface area contributed by atoms with Crippen molar-refractivity contribution in [3.05, 3.63) is 83.0 Å². The number of rotatable bonds is 4. The average Bonchev–Trinajstić information content (AvgIpc) is 3.19. The number of fused-ring (bicyclic) bond motifs is 1. The van der Waals surface area contributed by atoms with Crippen LogP contribution < -0.4 is 15.8 Å². The van der Waals surface area contributed by atoms with E-state index in [-0.39, 0.29) is 5.91 Å². The van der Waals surface area contributed by atoms with E-state index in [1.54, 1.807) is 48.7 Å². The zero-order chi connectivity index (χ0) is 24.5. The molecule has 8 heteroatoms. The number of carbonyl (C=O) groups excluding carboxylic acids is 2. The largest absolute Gasteiger partial charge is 0.455 e. The number of ether oxygens (including phenoxy) is 2. The monoisotopic (exact) mass is 521 g/mol. The van der Waals surface area contributed by atoms with Gasteiger partial charge in [0.2, 0.25) is 0 Å². The molecule has 0 aliphatic heterocycles. The fraction of sp³-hybridized carbons (Fsp3) is 0.154. The first kappa shape index (κ1) is 23.4. The Labute approximate surface area is 205 Å². The number of carbonyl (C=O) groups is 2. The number of halogens is 1. The van der Waals surface area contributed by atoms with E-state index in [9.17, 15) is 9.59 Å². The molecule has 4 aromatic rings. The molecule has 3 N–H and O–H groups in total. The summed E-state index contributed by atoms with van der Waals surface area (Å²) in [4.78, 5) is 25.0. The third-order valence-corrected chi connectivity index (χ3v) is 5.38. The summed E-state index contributed by atoms with van der Waals surface area (Å²) in [6, 6.07) is 19.3. The molecule has 4 rings (SSSR count). The Bertz CT molecular complexity index is 1370. The third-order valence-electron chi connectivity index (χ3n) is 4.85. The van der Waals surface area contributed by atoms with Crippen LogP contribution in [-0.4, -0.2) is 22.2 Å². The van der Waals surface area contributed by atoms with E-state index >= 15 is 0 Å². The topological polar surface area (TPSA) is 95.6 Å². The number of nitrogens with two attached hydrogens (primary N) is 1. The van der Waals surface area contributed by atoms with Gasteiger partial charge in [0.15, 0.2) is 0 Å². The van der Waals surface area contributed by atoms with Gasteiger partial charge >= 0.3 is 6.09 Å². The summed E-state index contributed by atoms with van der Waals surface area (Å²) in [7, 11) is 0. The number of amides is 1. The quantitative estimate of drug-likeness (QED) is 0.287. The van der Waals surface area contributed by atoms with Gasteiger partial charge in [-0.3, -0.25) is 9.36 Å². The maximum Gasteiger partial charge on any atom is 0.418 e. The lowest BCUT2D eigenvalue weighted by molar-refractivity contribution is 0.0544. The highest BCUT2D eigenvalue weighted by molar-refractivity contribution is 9.10. The highest BCUT2D eigenvalue weighted by Gasteiger charge is 2.19. The summed E-state index contributed by atoms with van der Waals surface area (Å²) in [5.41, 5.74) is 7.70. The highest BCUT2D eigenvalue weighted by atomic mass is 79.9. The van der Waals surface area contributed by atoms with Gasteiger partial charge in [-0.2, -0.15) is 0 Å². The van der Waals surface area contributed by atoms with E-state index in [1.807, 2.05) is 45.0 Å². The zero-order valence-corrected chi connectivity index (χ0v) is 20.5. The first-order valence-corrected chi connectivity index (χ1v) is 11.4. The minimum atomic E-state index is -0.588. The fourth-order valence-electron chi connectivity index (χ4n) is 3.30. The van der Waals surface area contributed by atoms with Crippen LogP contribution in [0.2, 0.25) is 0 Å². The standard InChI is InChI=1S/C26H24BrN3O4/c1-26(2,3)34-25(32)30-13-12-16-14-20(9-10-22(16)30)33-23-11-4-17(15-21(23)28)24(31)29-19-7-5-18(27)6-8-19/h4-15H,28H2,1-3H3,(H,29,31). The molecule has 0 fully saturated rings. The van der Waals surface area contributed by atoms with Crippen LogP contribution in [0.15, 0.2) is 77.4 Å². The molecule has 0 unspecified atom stereocenters. The molecule has 0 spiro atoms. The van der Waals surface area contributed by atoms with E-state index in [4.69, 9.17) is 15.2 Å². The number of nitrogens with zero attached hydrogens (tertiary/aromatic N) is 1. The minimum absolute atomic E-state index is 0.273. The highest BCUT2D eigenvalue weighted by Crippen LogP contribution is 2.31. The molecule has 7 nitrogen and oxygen atoms in total. The van der Waals surface area contributed by atoms with Gasteiger partial charge < -0.3 is 20.5 Å². The van der Waals surface area contributed by atoms with Crippen molar-refractivity contribution in [1.29, 1.82) is 0 Å². The maximum absolute atomic E-state index is 12.6. The molecule has 3 aromatic carbocycles. The summed E-state index contributed by atoms with van der Waals surface area (Å²) >= 11 is 3.37. The zero-order valence-electron chi connectivity index (χ0n) is 19.0. The maximum atomic E-state index is 12.6. The first-order valence-electron chi connectivity index (χ1n) is 10.6. The number of nitrogens with one attached hydrogen (secondary N) is 1. The predicted octanol–water partition coefficient (Wildman–Crippen LogP) is 6.81. The van der Waals surface area contributed by atoms with Crippen molar-refractivity contribution in [2.75, 3.05) is 11.1 Å². The minimum Gasteiger partial charge on any atom is -0.455 e. The summed E-state index contributed by atoms with van der Waals surface area (Å²) in [5.74, 6) is 0.699. The van der Waals surface area contributed by atoms with Gasteiger partial charge in [0.1, 0.15) is 17.1 Å². The van der Waals surface area contributed by atoms with Gasteiger partial charge in [-0.25, -0.2) is 4.79 Å². The Morgan fingerprint density at radius 3 is 2.38 bits per heavy atom. The molecule has 0 atom stereocenters. The van der Waals surface area contributed by atoms with Crippen molar-refractivity contribution < 1.29 is 19.1 Å². The Kier molecular flexibility index (Phi) is 6.34. The predicted molar refractivity (Wildman–Crippen MR) is 137 cm³/mol. The lowest BCUT2D eigenvalue weighted by atomic mass is 10.1. The molecule has 0 bridgehead atoms. The molecule has 0 saturated heterocycles. The average molecular weight is 522 g/mol. The second-order valence-electron chi connectivity index (χ2n) is 8.70.